The molecule has 2 amide bonds. The summed E-state index contributed by atoms with van der Waals surface area (Å²) in [5.74, 6) is -1.48. The van der Waals surface area contributed by atoms with E-state index in [9.17, 15) is 27.6 Å². The quantitative estimate of drug-likeness (QED) is 0.463. The van der Waals surface area contributed by atoms with Crippen molar-refractivity contribution >= 4 is 17.8 Å². The number of nitrogens with zero attached hydrogens (tertiary/aromatic N) is 3. The summed E-state index contributed by atoms with van der Waals surface area (Å²) in [5.41, 5.74) is -1.46. The molecule has 0 radical (unpaired) electrons. The molecular weight excluding hydrogens is 453 g/mol. The first-order valence-corrected chi connectivity index (χ1v) is 11.2. The Balaban J connectivity index is 1.50. The second-order valence-corrected chi connectivity index (χ2v) is 7.94. The molecule has 0 spiro atoms. The topological polar surface area (TPSA) is 93.5 Å². The molecule has 0 saturated carbocycles. The van der Waals surface area contributed by atoms with E-state index < -0.39 is 23.3 Å². The van der Waals surface area contributed by atoms with E-state index in [-0.39, 0.29) is 37.2 Å². The molecule has 1 fully saturated rings. The number of hydrogen-bond donors (Lipinski definition) is 1. The third-order valence-corrected chi connectivity index (χ3v) is 5.57. The molecule has 34 heavy (non-hydrogen) atoms. The molecule has 1 N–H and O–H groups in total. The van der Waals surface area contributed by atoms with Gasteiger partial charge in [0.1, 0.15) is 0 Å². The number of halogens is 3. The van der Waals surface area contributed by atoms with Crippen LogP contribution in [0.15, 0.2) is 36.5 Å². The van der Waals surface area contributed by atoms with Gasteiger partial charge in [-0.2, -0.15) is 18.3 Å². The van der Waals surface area contributed by atoms with Crippen molar-refractivity contribution in [2.45, 2.75) is 38.8 Å². The van der Waals surface area contributed by atoms with Gasteiger partial charge in [0.15, 0.2) is 5.69 Å². The van der Waals surface area contributed by atoms with Crippen molar-refractivity contribution in [2.75, 3.05) is 26.2 Å². The highest BCUT2D eigenvalue weighted by Crippen LogP contribution is 2.31. The van der Waals surface area contributed by atoms with Gasteiger partial charge in [-0.25, -0.2) is 4.68 Å². The number of para-hydroxylation sites is 1. The molecule has 1 aromatic carbocycles. The monoisotopic (exact) mass is 480 g/mol. The van der Waals surface area contributed by atoms with Crippen molar-refractivity contribution in [3.05, 3.63) is 47.8 Å². The number of amides is 2. The zero-order chi connectivity index (χ0) is 24.7. The molecule has 1 aliphatic rings. The molecule has 0 unspecified atom stereocenters. The molecule has 184 valence electrons. The van der Waals surface area contributed by atoms with E-state index in [1.54, 1.807) is 42.2 Å². The van der Waals surface area contributed by atoms with Crippen LogP contribution in [0, 0.1) is 5.92 Å². The number of nitrogens with one attached hydrogen (secondary N) is 1. The van der Waals surface area contributed by atoms with Crippen LogP contribution in [-0.2, 0) is 20.5 Å². The molecule has 0 bridgehead atoms. The van der Waals surface area contributed by atoms with E-state index in [1.165, 1.54) is 0 Å². The maximum absolute atomic E-state index is 13.4. The van der Waals surface area contributed by atoms with Crippen LogP contribution in [-0.4, -0.2) is 58.7 Å². The van der Waals surface area contributed by atoms with Gasteiger partial charge in [0.25, 0.3) is 5.91 Å². The molecular formula is C23H27F3N4O4. The summed E-state index contributed by atoms with van der Waals surface area (Å²) in [5, 5.41) is 6.00. The number of likely N-dealkylation sites (tertiary alicyclic amines) is 1. The first-order chi connectivity index (χ1) is 16.2. The highest BCUT2D eigenvalue weighted by molar-refractivity contribution is 5.95. The average Bonchev–Trinajstić information content (AvgIpc) is 3.29. The maximum atomic E-state index is 13.4. The average molecular weight is 480 g/mol. The number of piperidine rings is 1. The molecule has 2 heterocycles. The van der Waals surface area contributed by atoms with E-state index in [1.807, 2.05) is 0 Å². The number of benzene rings is 1. The number of ether oxygens (including phenoxy) is 1. The fourth-order valence-electron chi connectivity index (χ4n) is 3.78. The van der Waals surface area contributed by atoms with E-state index in [0.29, 0.717) is 38.2 Å². The Hall–Kier alpha value is -3.37. The van der Waals surface area contributed by atoms with Crippen LogP contribution in [0.1, 0.15) is 48.7 Å². The highest BCUT2D eigenvalue weighted by Gasteiger charge is 2.39. The van der Waals surface area contributed by atoms with Gasteiger partial charge in [-0.15, -0.1) is 0 Å². The number of hydrogen-bond acceptors (Lipinski definition) is 5. The normalized spacial score (nSPS) is 14.6. The molecule has 11 heteroatoms. The van der Waals surface area contributed by atoms with Gasteiger partial charge in [0.2, 0.25) is 5.91 Å². The number of alkyl halides is 3. The molecule has 3 rings (SSSR count). The van der Waals surface area contributed by atoms with E-state index in [4.69, 9.17) is 4.74 Å². The van der Waals surface area contributed by atoms with Crippen molar-refractivity contribution in [3.63, 3.8) is 0 Å². The third kappa shape index (κ3) is 6.36. The summed E-state index contributed by atoms with van der Waals surface area (Å²) in [6.07, 6.45) is -2.26. The Labute approximate surface area is 195 Å². The van der Waals surface area contributed by atoms with Crippen molar-refractivity contribution in [1.29, 1.82) is 0 Å². The predicted molar refractivity (Wildman–Crippen MR) is 116 cm³/mol. The molecule has 0 atom stereocenters. The minimum atomic E-state index is -4.79. The van der Waals surface area contributed by atoms with Gasteiger partial charge < -0.3 is 15.0 Å². The number of rotatable bonds is 8. The zero-order valence-corrected chi connectivity index (χ0v) is 18.8. The molecule has 1 aromatic heterocycles. The van der Waals surface area contributed by atoms with E-state index in [0.717, 1.165) is 10.9 Å². The lowest BCUT2D eigenvalue weighted by Gasteiger charge is -2.31. The molecule has 2 aromatic rings. The first-order valence-electron chi connectivity index (χ1n) is 11.2. The number of carbonyl (C=O) groups excluding carboxylic acids is 3. The van der Waals surface area contributed by atoms with Gasteiger partial charge in [-0.1, -0.05) is 18.2 Å². The third-order valence-electron chi connectivity index (χ3n) is 5.57. The van der Waals surface area contributed by atoms with Gasteiger partial charge in [-0.05, 0) is 38.3 Å². The summed E-state index contributed by atoms with van der Waals surface area (Å²) in [4.78, 5) is 38.3. The second-order valence-electron chi connectivity index (χ2n) is 7.94. The van der Waals surface area contributed by atoms with Crippen molar-refractivity contribution in [3.8, 4) is 5.69 Å². The van der Waals surface area contributed by atoms with Gasteiger partial charge in [0, 0.05) is 32.3 Å². The molecule has 1 saturated heterocycles. The van der Waals surface area contributed by atoms with Crippen LogP contribution in [0.25, 0.3) is 5.69 Å². The van der Waals surface area contributed by atoms with Crippen LogP contribution in [0.2, 0.25) is 0 Å². The minimum absolute atomic E-state index is 0.0394. The van der Waals surface area contributed by atoms with Gasteiger partial charge >= 0.3 is 12.1 Å². The smallest absolute Gasteiger partial charge is 0.435 e. The van der Waals surface area contributed by atoms with Gasteiger partial charge in [-0.3, -0.25) is 14.4 Å². The lowest BCUT2D eigenvalue weighted by Crippen LogP contribution is -2.40. The standard InChI is InChI=1S/C23H27F3N4O4/c1-2-34-22(33)16-10-13-29(14-11-16)19(31)9-6-12-27-21(32)18-15-30(17-7-4-3-5-8-17)28-20(18)23(24,25)26/h3-5,7-8,15-16H,2,6,9-14H2,1H3,(H,27,32). The Morgan fingerprint density at radius 3 is 2.44 bits per heavy atom. The Bertz CT molecular complexity index is 999. The fourth-order valence-corrected chi connectivity index (χ4v) is 3.78. The van der Waals surface area contributed by atoms with Gasteiger partial charge in [0.05, 0.1) is 23.8 Å². The summed E-state index contributed by atoms with van der Waals surface area (Å²) in [6, 6.07) is 8.18. The van der Waals surface area contributed by atoms with Crippen LogP contribution in [0.5, 0.6) is 0 Å². The van der Waals surface area contributed by atoms with Crippen molar-refractivity contribution in [1.82, 2.24) is 20.0 Å². The zero-order valence-electron chi connectivity index (χ0n) is 18.8. The number of aromatic nitrogens is 2. The summed E-state index contributed by atoms with van der Waals surface area (Å²) in [7, 11) is 0. The lowest BCUT2D eigenvalue weighted by atomic mass is 9.97. The molecule has 8 nitrogen and oxygen atoms in total. The van der Waals surface area contributed by atoms with Crippen LogP contribution >= 0.6 is 0 Å². The molecule has 1 aliphatic heterocycles. The summed E-state index contributed by atoms with van der Waals surface area (Å²) >= 11 is 0. The van der Waals surface area contributed by atoms with E-state index in [2.05, 4.69) is 10.4 Å². The first kappa shape index (κ1) is 25.3. The Kier molecular flexibility index (Phi) is 8.30. The Morgan fingerprint density at radius 2 is 1.82 bits per heavy atom. The number of esters is 1. The number of carbonyl (C=O) groups is 3. The Morgan fingerprint density at radius 1 is 1.15 bits per heavy atom. The van der Waals surface area contributed by atoms with Crippen LogP contribution in [0.4, 0.5) is 13.2 Å². The highest BCUT2D eigenvalue weighted by atomic mass is 19.4. The van der Waals surface area contributed by atoms with Crippen LogP contribution < -0.4 is 5.32 Å². The van der Waals surface area contributed by atoms with Crippen molar-refractivity contribution < 1.29 is 32.3 Å². The maximum Gasteiger partial charge on any atom is 0.435 e. The SMILES string of the molecule is CCOC(=O)C1CCN(C(=O)CCCNC(=O)c2cn(-c3ccccc3)nc2C(F)(F)F)CC1. The lowest BCUT2D eigenvalue weighted by molar-refractivity contribution is -0.151. The second kappa shape index (κ2) is 11.2. The summed E-state index contributed by atoms with van der Waals surface area (Å²) in [6.45, 7) is 3.00. The molecule has 0 aliphatic carbocycles. The minimum Gasteiger partial charge on any atom is -0.466 e. The van der Waals surface area contributed by atoms with Crippen molar-refractivity contribution in [2.24, 2.45) is 5.92 Å². The summed E-state index contributed by atoms with van der Waals surface area (Å²) < 4.78 is 46.3. The van der Waals surface area contributed by atoms with Crippen LogP contribution in [0.3, 0.4) is 0 Å². The van der Waals surface area contributed by atoms with E-state index >= 15 is 0 Å². The fraction of sp³-hybridized carbons (Fsp3) is 0.478. The predicted octanol–water partition coefficient (Wildman–Crippen LogP) is 3.20. The largest absolute Gasteiger partial charge is 0.466 e.